The molecule has 1 saturated heterocycles. The van der Waals surface area contributed by atoms with E-state index >= 15 is 0 Å². The minimum atomic E-state index is -0.855. The number of carbonyl (C=O) groups excluding carboxylic acids is 3. The second-order valence-corrected chi connectivity index (χ2v) is 8.23. The van der Waals surface area contributed by atoms with Crippen LogP contribution in [0.2, 0.25) is 0 Å². The first-order valence-electron chi connectivity index (χ1n) is 11.7. The number of ketones is 1. The predicted molar refractivity (Wildman–Crippen MR) is 126 cm³/mol. The lowest BCUT2D eigenvalue weighted by atomic mass is 9.97. The van der Waals surface area contributed by atoms with Crippen LogP contribution in [0.25, 0.3) is 5.76 Å². The third kappa shape index (κ3) is 4.65. The molecule has 184 valence electrons. The molecule has 0 spiro atoms. The molecule has 9 nitrogen and oxygen atoms in total. The van der Waals surface area contributed by atoms with Gasteiger partial charge in [-0.3, -0.25) is 9.59 Å². The van der Waals surface area contributed by atoms with Gasteiger partial charge in [-0.05, 0) is 64.5 Å². The van der Waals surface area contributed by atoms with Crippen LogP contribution in [-0.4, -0.2) is 70.3 Å². The van der Waals surface area contributed by atoms with E-state index in [1.165, 1.54) is 11.2 Å². The highest BCUT2D eigenvalue weighted by Gasteiger charge is 2.47. The summed E-state index contributed by atoms with van der Waals surface area (Å²) in [5.41, 5.74) is 1.39. The Morgan fingerprint density at radius 2 is 1.94 bits per heavy atom. The summed E-state index contributed by atoms with van der Waals surface area (Å²) in [4.78, 5) is 45.1. The first-order valence-corrected chi connectivity index (χ1v) is 11.7. The Morgan fingerprint density at radius 3 is 2.53 bits per heavy atom. The van der Waals surface area contributed by atoms with E-state index in [0.717, 1.165) is 19.6 Å². The van der Waals surface area contributed by atoms with Gasteiger partial charge in [-0.15, -0.1) is 0 Å². The normalized spacial score (nSPS) is 17.7. The van der Waals surface area contributed by atoms with Crippen LogP contribution >= 0.6 is 0 Å². The highest BCUT2D eigenvalue weighted by Crippen LogP contribution is 2.41. The number of aliphatic hydroxyl groups is 1. The van der Waals surface area contributed by atoms with Crippen LogP contribution in [0.4, 0.5) is 0 Å². The summed E-state index contributed by atoms with van der Waals surface area (Å²) in [5, 5.41) is 11.3. The van der Waals surface area contributed by atoms with E-state index < -0.39 is 23.7 Å². The summed E-state index contributed by atoms with van der Waals surface area (Å²) in [7, 11) is 0. The van der Waals surface area contributed by atoms with E-state index in [-0.39, 0.29) is 23.6 Å². The lowest BCUT2D eigenvalue weighted by Gasteiger charge is -2.25. The molecular formula is C25H33N3O6. The minimum Gasteiger partial charge on any atom is -0.507 e. The van der Waals surface area contributed by atoms with Gasteiger partial charge in [-0.25, -0.2) is 4.79 Å². The highest BCUT2D eigenvalue weighted by molar-refractivity contribution is 6.46. The fraction of sp³-hybridized carbons (Fsp3) is 0.480. The van der Waals surface area contributed by atoms with Gasteiger partial charge in [0, 0.05) is 17.8 Å². The number of aryl methyl sites for hydroxylation is 1. The van der Waals surface area contributed by atoms with Gasteiger partial charge in [0.1, 0.15) is 23.3 Å². The second-order valence-electron chi connectivity index (χ2n) is 8.23. The fourth-order valence-corrected chi connectivity index (χ4v) is 4.51. The molecule has 0 bridgehead atoms. The van der Waals surface area contributed by atoms with Gasteiger partial charge in [-0.2, -0.15) is 0 Å². The van der Waals surface area contributed by atoms with Crippen LogP contribution < -0.4 is 0 Å². The quantitative estimate of drug-likeness (QED) is 0.236. The molecule has 1 fully saturated rings. The zero-order chi connectivity index (χ0) is 25.0. The Balaban J connectivity index is 2.05. The van der Waals surface area contributed by atoms with Gasteiger partial charge < -0.3 is 29.0 Å². The molecule has 1 atom stereocenters. The van der Waals surface area contributed by atoms with Crippen molar-refractivity contribution >= 4 is 23.4 Å². The lowest BCUT2D eigenvalue weighted by Crippen LogP contribution is -2.33. The monoisotopic (exact) mass is 471 g/mol. The van der Waals surface area contributed by atoms with Gasteiger partial charge in [-0.1, -0.05) is 13.8 Å². The molecule has 3 rings (SSSR count). The van der Waals surface area contributed by atoms with Crippen molar-refractivity contribution in [3.63, 3.8) is 0 Å². The molecule has 2 aromatic rings. The van der Waals surface area contributed by atoms with Crippen molar-refractivity contribution in [1.29, 1.82) is 0 Å². The number of carbonyl (C=O) groups is 3. The molecule has 1 aliphatic heterocycles. The third-order valence-electron chi connectivity index (χ3n) is 6.27. The lowest BCUT2D eigenvalue weighted by molar-refractivity contribution is -0.140. The zero-order valence-corrected chi connectivity index (χ0v) is 20.4. The third-order valence-corrected chi connectivity index (χ3v) is 6.27. The van der Waals surface area contributed by atoms with Crippen molar-refractivity contribution in [3.8, 4) is 0 Å². The van der Waals surface area contributed by atoms with Crippen molar-refractivity contribution in [2.24, 2.45) is 0 Å². The van der Waals surface area contributed by atoms with Crippen molar-refractivity contribution in [3.05, 3.63) is 52.2 Å². The molecule has 1 amide bonds. The number of hydrogen-bond donors (Lipinski definition) is 2. The number of likely N-dealkylation sites (tertiary alicyclic amines) is 1. The molecule has 9 heteroatoms. The summed E-state index contributed by atoms with van der Waals surface area (Å²) in [6, 6.07) is 2.51. The Labute approximate surface area is 199 Å². The maximum absolute atomic E-state index is 13.1. The number of furan rings is 1. The number of aromatic amines is 1. The smallest absolute Gasteiger partial charge is 0.355 e. The average Bonchev–Trinajstić information content (AvgIpc) is 3.50. The van der Waals surface area contributed by atoms with Crippen LogP contribution in [0, 0.1) is 13.8 Å². The Kier molecular flexibility index (Phi) is 7.98. The molecule has 34 heavy (non-hydrogen) atoms. The SMILES string of the molecule is CCOC(=O)c1[nH]c(C)c(C(O)=C2C(=O)C(=O)N(CCCN(CC)CC)[C@H]2c2ccco2)c1C. The number of esters is 1. The van der Waals surface area contributed by atoms with Crippen molar-refractivity contribution in [2.45, 2.75) is 47.1 Å². The molecule has 0 saturated carbocycles. The standard InChI is InChI=1S/C25H33N3O6/c1-6-27(7-2)12-10-13-28-21(17-11-9-14-34-17)19(23(30)24(28)31)22(29)18-15(4)20(26-16(18)5)25(32)33-8-3/h9,11,14,21,26,29H,6-8,10,12-13H2,1-5H3/t21-/m0/s1. The minimum absolute atomic E-state index is 0.0524. The summed E-state index contributed by atoms with van der Waals surface area (Å²) in [6.45, 7) is 12.3. The van der Waals surface area contributed by atoms with E-state index in [9.17, 15) is 19.5 Å². The number of hydrogen-bond acceptors (Lipinski definition) is 7. The van der Waals surface area contributed by atoms with Gasteiger partial charge >= 0.3 is 5.97 Å². The second kappa shape index (κ2) is 10.7. The Hall–Kier alpha value is -3.33. The van der Waals surface area contributed by atoms with Gasteiger partial charge in [0.05, 0.1) is 18.4 Å². The van der Waals surface area contributed by atoms with Crippen LogP contribution in [-0.2, 0) is 14.3 Å². The van der Waals surface area contributed by atoms with Crippen LogP contribution in [0.5, 0.6) is 0 Å². The predicted octanol–water partition coefficient (Wildman–Crippen LogP) is 3.55. The van der Waals surface area contributed by atoms with E-state index in [1.807, 2.05) is 0 Å². The van der Waals surface area contributed by atoms with E-state index in [4.69, 9.17) is 9.15 Å². The number of H-pyrrole nitrogens is 1. The van der Waals surface area contributed by atoms with E-state index in [2.05, 4.69) is 23.7 Å². The largest absolute Gasteiger partial charge is 0.507 e. The maximum atomic E-state index is 13.1. The first-order chi connectivity index (χ1) is 16.3. The van der Waals surface area contributed by atoms with Crippen molar-refractivity contribution in [1.82, 2.24) is 14.8 Å². The van der Waals surface area contributed by atoms with Crippen molar-refractivity contribution < 1.29 is 28.6 Å². The summed E-state index contributed by atoms with van der Waals surface area (Å²) >= 11 is 0. The average molecular weight is 472 g/mol. The van der Waals surface area contributed by atoms with Crippen LogP contribution in [0.3, 0.4) is 0 Å². The number of Topliss-reactive ketones (excluding diaryl/α,β-unsaturated/α-hetero) is 1. The number of aromatic nitrogens is 1. The molecule has 2 aromatic heterocycles. The van der Waals surface area contributed by atoms with E-state index in [0.29, 0.717) is 35.5 Å². The Bertz CT molecular complexity index is 1080. The maximum Gasteiger partial charge on any atom is 0.355 e. The first kappa shape index (κ1) is 25.3. The number of amides is 1. The highest BCUT2D eigenvalue weighted by atomic mass is 16.5. The molecule has 1 aliphatic rings. The molecule has 0 aliphatic carbocycles. The number of rotatable bonds is 10. The van der Waals surface area contributed by atoms with Gasteiger partial charge in [0.2, 0.25) is 0 Å². The van der Waals surface area contributed by atoms with Crippen molar-refractivity contribution in [2.75, 3.05) is 32.8 Å². The summed E-state index contributed by atoms with van der Waals surface area (Å²) < 4.78 is 10.7. The number of nitrogens with one attached hydrogen (secondary N) is 1. The molecule has 2 N–H and O–H groups in total. The fourth-order valence-electron chi connectivity index (χ4n) is 4.51. The zero-order valence-electron chi connectivity index (χ0n) is 20.4. The molecular weight excluding hydrogens is 438 g/mol. The number of ether oxygens (including phenoxy) is 1. The molecule has 3 heterocycles. The topological polar surface area (TPSA) is 116 Å². The number of nitrogens with zero attached hydrogens (tertiary/aromatic N) is 2. The summed E-state index contributed by atoms with van der Waals surface area (Å²) in [5.74, 6) is -1.96. The summed E-state index contributed by atoms with van der Waals surface area (Å²) in [6.07, 6.45) is 2.14. The van der Waals surface area contributed by atoms with E-state index in [1.54, 1.807) is 32.9 Å². The molecule has 0 unspecified atom stereocenters. The van der Waals surface area contributed by atoms with Crippen LogP contribution in [0.1, 0.15) is 66.3 Å². The number of aliphatic hydroxyl groups excluding tert-OH is 1. The molecule has 0 radical (unpaired) electrons. The Morgan fingerprint density at radius 1 is 1.24 bits per heavy atom. The molecule has 0 aromatic carbocycles. The van der Waals surface area contributed by atoms with Gasteiger partial charge in [0.15, 0.2) is 0 Å². The van der Waals surface area contributed by atoms with Crippen LogP contribution in [0.15, 0.2) is 28.4 Å². The van der Waals surface area contributed by atoms with Gasteiger partial charge in [0.25, 0.3) is 11.7 Å².